The summed E-state index contributed by atoms with van der Waals surface area (Å²) in [5.74, 6) is -0.457. The molecule has 0 heterocycles. The Bertz CT molecular complexity index is 421. The third-order valence-electron chi connectivity index (χ3n) is 3.28. The van der Waals surface area contributed by atoms with Gasteiger partial charge in [-0.2, -0.15) is 8.42 Å². The van der Waals surface area contributed by atoms with E-state index in [0.29, 0.717) is 12.0 Å². The van der Waals surface area contributed by atoms with E-state index in [4.69, 9.17) is 4.55 Å². The predicted octanol–water partition coefficient (Wildman–Crippen LogP) is 1.83. The van der Waals surface area contributed by atoms with Gasteiger partial charge >= 0.3 is 0 Å². The lowest BCUT2D eigenvalue weighted by Gasteiger charge is -2.35. The summed E-state index contributed by atoms with van der Waals surface area (Å²) in [6.07, 6.45) is 3.02. The molecule has 0 spiro atoms. The number of rotatable bonds is 2. The molecular formula is C11H18O4S. The van der Waals surface area contributed by atoms with E-state index < -0.39 is 21.3 Å². The molecule has 0 radical (unpaired) electrons. The van der Waals surface area contributed by atoms with Gasteiger partial charge in [0.1, 0.15) is 0 Å². The number of carbonyl (C=O) groups excluding carboxylic acids is 1. The first-order valence-corrected chi connectivity index (χ1v) is 6.97. The monoisotopic (exact) mass is 246 g/mol. The Morgan fingerprint density at radius 1 is 1.56 bits per heavy atom. The van der Waals surface area contributed by atoms with Crippen molar-refractivity contribution in [3.8, 4) is 0 Å². The van der Waals surface area contributed by atoms with Gasteiger partial charge in [0, 0.05) is 5.41 Å². The molecule has 4 nitrogen and oxygen atoms in total. The molecule has 2 unspecified atom stereocenters. The lowest BCUT2D eigenvalue weighted by atomic mass is 9.69. The molecule has 1 rings (SSSR count). The van der Waals surface area contributed by atoms with Crippen molar-refractivity contribution in [2.45, 2.75) is 33.6 Å². The highest BCUT2D eigenvalue weighted by Gasteiger charge is 2.43. The van der Waals surface area contributed by atoms with Crippen LogP contribution in [0, 0.1) is 11.3 Å². The highest BCUT2D eigenvalue weighted by atomic mass is 32.2. The quantitative estimate of drug-likeness (QED) is 0.596. The first-order valence-electron chi connectivity index (χ1n) is 5.36. The molecule has 5 heteroatoms. The van der Waals surface area contributed by atoms with Crippen molar-refractivity contribution in [1.82, 2.24) is 0 Å². The zero-order chi connectivity index (χ0) is 12.6. The second-order valence-corrected chi connectivity index (χ2v) is 6.25. The minimum Gasteiger partial charge on any atom is -0.294 e. The highest BCUT2D eigenvalue weighted by molar-refractivity contribution is 7.85. The number of hydrogen-bond donors (Lipinski definition) is 1. The van der Waals surface area contributed by atoms with Crippen LogP contribution < -0.4 is 0 Å². The molecular weight excluding hydrogens is 228 g/mol. The molecule has 92 valence electrons. The van der Waals surface area contributed by atoms with Gasteiger partial charge < -0.3 is 0 Å². The van der Waals surface area contributed by atoms with Crippen molar-refractivity contribution in [2.75, 3.05) is 5.75 Å². The topological polar surface area (TPSA) is 71.4 Å². The van der Waals surface area contributed by atoms with Crippen LogP contribution in [0.2, 0.25) is 0 Å². The summed E-state index contributed by atoms with van der Waals surface area (Å²) in [7, 11) is -4.11. The van der Waals surface area contributed by atoms with Gasteiger partial charge in [0.15, 0.2) is 5.78 Å². The molecule has 1 aliphatic rings. The van der Waals surface area contributed by atoms with Gasteiger partial charge in [0.05, 0.1) is 5.75 Å². The summed E-state index contributed by atoms with van der Waals surface area (Å²) in [5, 5.41) is 0. The molecule has 0 aromatic rings. The lowest BCUT2D eigenvalue weighted by molar-refractivity contribution is -0.125. The average molecular weight is 246 g/mol. The Kier molecular flexibility index (Phi) is 3.59. The van der Waals surface area contributed by atoms with Gasteiger partial charge in [-0.3, -0.25) is 9.35 Å². The molecule has 2 atom stereocenters. The number of allylic oxidation sites excluding steroid dienone is 2. The fourth-order valence-electron chi connectivity index (χ4n) is 2.33. The van der Waals surface area contributed by atoms with Crippen LogP contribution in [0.25, 0.3) is 0 Å². The zero-order valence-electron chi connectivity index (χ0n) is 9.86. The van der Waals surface area contributed by atoms with Crippen LogP contribution in [0.1, 0.15) is 33.6 Å². The molecule has 0 aliphatic heterocycles. The van der Waals surface area contributed by atoms with E-state index in [9.17, 15) is 13.2 Å². The maximum atomic E-state index is 12.1. The number of hydrogen-bond acceptors (Lipinski definition) is 3. The van der Waals surface area contributed by atoms with Crippen LogP contribution in [0.5, 0.6) is 0 Å². The third kappa shape index (κ3) is 2.71. The normalized spacial score (nSPS) is 34.4. The first-order chi connectivity index (χ1) is 7.19. The van der Waals surface area contributed by atoms with Gasteiger partial charge in [0.25, 0.3) is 10.1 Å². The maximum Gasteiger partial charge on any atom is 0.265 e. The minimum atomic E-state index is -4.11. The van der Waals surface area contributed by atoms with Gasteiger partial charge in [-0.25, -0.2) is 0 Å². The summed E-state index contributed by atoms with van der Waals surface area (Å²) in [6.45, 7) is 5.35. The second kappa shape index (κ2) is 4.30. The molecule has 1 fully saturated rings. The van der Waals surface area contributed by atoms with Crippen LogP contribution in [0.15, 0.2) is 11.6 Å². The maximum absolute atomic E-state index is 12.1. The Morgan fingerprint density at radius 3 is 2.56 bits per heavy atom. The van der Waals surface area contributed by atoms with E-state index in [-0.39, 0.29) is 11.7 Å². The highest BCUT2D eigenvalue weighted by Crippen LogP contribution is 2.39. The number of carbonyl (C=O) groups is 1. The fraction of sp³-hybridized carbons (Fsp3) is 0.727. The minimum absolute atomic E-state index is 0.147. The van der Waals surface area contributed by atoms with E-state index in [1.165, 1.54) is 0 Å². The van der Waals surface area contributed by atoms with Crippen LogP contribution >= 0.6 is 0 Å². The second-order valence-electron chi connectivity index (χ2n) is 4.80. The summed E-state index contributed by atoms with van der Waals surface area (Å²) < 4.78 is 30.7. The molecule has 1 aliphatic carbocycles. The molecule has 0 bridgehead atoms. The van der Waals surface area contributed by atoms with E-state index in [2.05, 4.69) is 0 Å². The van der Waals surface area contributed by atoms with Gasteiger partial charge in [-0.1, -0.05) is 19.9 Å². The molecule has 1 saturated carbocycles. The predicted molar refractivity (Wildman–Crippen MR) is 61.7 cm³/mol. The number of Topliss-reactive ketones (excluding diaryl/α,β-unsaturated/α-hetero) is 1. The first kappa shape index (κ1) is 13.4. The summed E-state index contributed by atoms with van der Waals surface area (Å²) in [6, 6.07) is 0. The van der Waals surface area contributed by atoms with Gasteiger partial charge in [0.2, 0.25) is 0 Å². The molecule has 0 saturated heterocycles. The van der Waals surface area contributed by atoms with E-state index in [1.807, 2.05) is 6.92 Å². The summed E-state index contributed by atoms with van der Waals surface area (Å²) in [5.41, 5.74) is -0.292. The summed E-state index contributed by atoms with van der Waals surface area (Å²) >= 11 is 0. The summed E-state index contributed by atoms with van der Waals surface area (Å²) in [4.78, 5) is 12.1. The van der Waals surface area contributed by atoms with Crippen molar-refractivity contribution >= 4 is 15.9 Å². The SMILES string of the molecule is C/C=C1/C(=O)C(C)(CS(=O)(=O)O)CCC1C. The standard InChI is InChI=1S/C11H18O4S/c1-4-9-8(2)5-6-11(3,10(9)12)7-16(13,14)15/h4,8H,5-7H2,1-3H3,(H,13,14,15)/b9-4+. The van der Waals surface area contributed by atoms with Crippen molar-refractivity contribution < 1.29 is 17.8 Å². The Balaban J connectivity index is 3.04. The van der Waals surface area contributed by atoms with Crippen LogP contribution in [-0.4, -0.2) is 24.5 Å². The van der Waals surface area contributed by atoms with E-state index in [1.54, 1.807) is 19.9 Å². The molecule has 0 amide bonds. The smallest absolute Gasteiger partial charge is 0.265 e. The van der Waals surface area contributed by atoms with E-state index in [0.717, 1.165) is 6.42 Å². The van der Waals surface area contributed by atoms with Crippen LogP contribution in [-0.2, 0) is 14.9 Å². The van der Waals surface area contributed by atoms with Gasteiger partial charge in [-0.15, -0.1) is 0 Å². The average Bonchev–Trinajstić information content (AvgIpc) is 2.11. The largest absolute Gasteiger partial charge is 0.294 e. The van der Waals surface area contributed by atoms with Crippen molar-refractivity contribution in [3.05, 3.63) is 11.6 Å². The molecule has 1 N–H and O–H groups in total. The van der Waals surface area contributed by atoms with Crippen LogP contribution in [0.4, 0.5) is 0 Å². The molecule has 16 heavy (non-hydrogen) atoms. The molecule has 0 aromatic heterocycles. The Labute approximate surface area is 96.5 Å². The van der Waals surface area contributed by atoms with Crippen molar-refractivity contribution in [2.24, 2.45) is 11.3 Å². The number of ketones is 1. The zero-order valence-corrected chi connectivity index (χ0v) is 10.7. The molecule has 0 aromatic carbocycles. The third-order valence-corrected chi connectivity index (χ3v) is 4.28. The Morgan fingerprint density at radius 2 is 2.12 bits per heavy atom. The van der Waals surface area contributed by atoms with Crippen molar-refractivity contribution in [1.29, 1.82) is 0 Å². The Hall–Kier alpha value is -0.680. The van der Waals surface area contributed by atoms with Crippen LogP contribution in [0.3, 0.4) is 0 Å². The van der Waals surface area contributed by atoms with Gasteiger partial charge in [-0.05, 0) is 31.3 Å². The fourth-order valence-corrected chi connectivity index (χ4v) is 3.41. The van der Waals surface area contributed by atoms with E-state index >= 15 is 0 Å². The lowest BCUT2D eigenvalue weighted by Crippen LogP contribution is -2.41. The van der Waals surface area contributed by atoms with Crippen molar-refractivity contribution in [3.63, 3.8) is 0 Å².